The SMILES string of the molecule is Cn1c(COc2ccc(Br)cc2)nnc1SCC(=O)NCc1ccccc1. The Morgan fingerprint density at radius 3 is 2.63 bits per heavy atom. The van der Waals surface area contributed by atoms with Gasteiger partial charge in [0.1, 0.15) is 12.4 Å². The first-order valence-electron chi connectivity index (χ1n) is 8.32. The van der Waals surface area contributed by atoms with Crippen LogP contribution in [0.25, 0.3) is 0 Å². The number of amides is 1. The molecule has 0 saturated heterocycles. The van der Waals surface area contributed by atoms with Gasteiger partial charge in [0.15, 0.2) is 11.0 Å². The zero-order valence-electron chi connectivity index (χ0n) is 14.8. The maximum absolute atomic E-state index is 12.0. The number of benzene rings is 2. The quantitative estimate of drug-likeness (QED) is 0.535. The van der Waals surface area contributed by atoms with Gasteiger partial charge in [-0.2, -0.15) is 0 Å². The van der Waals surface area contributed by atoms with Crippen molar-refractivity contribution in [3.8, 4) is 5.75 Å². The lowest BCUT2D eigenvalue weighted by Gasteiger charge is -2.07. The normalized spacial score (nSPS) is 10.6. The van der Waals surface area contributed by atoms with Crippen molar-refractivity contribution in [3.63, 3.8) is 0 Å². The summed E-state index contributed by atoms with van der Waals surface area (Å²) in [6.07, 6.45) is 0. The van der Waals surface area contributed by atoms with Crippen molar-refractivity contribution in [1.82, 2.24) is 20.1 Å². The number of carbonyl (C=O) groups is 1. The molecule has 0 fully saturated rings. The second-order valence-corrected chi connectivity index (χ2v) is 7.61. The van der Waals surface area contributed by atoms with E-state index in [4.69, 9.17) is 4.74 Å². The van der Waals surface area contributed by atoms with E-state index in [0.717, 1.165) is 15.8 Å². The number of carbonyl (C=O) groups excluding carboxylic acids is 1. The maximum atomic E-state index is 12.0. The average Bonchev–Trinajstić information content (AvgIpc) is 3.05. The molecule has 0 aliphatic heterocycles. The molecule has 140 valence electrons. The Morgan fingerprint density at radius 2 is 1.89 bits per heavy atom. The van der Waals surface area contributed by atoms with Crippen LogP contribution in [0.3, 0.4) is 0 Å². The van der Waals surface area contributed by atoms with Gasteiger partial charge in [0.05, 0.1) is 5.75 Å². The lowest BCUT2D eigenvalue weighted by atomic mass is 10.2. The van der Waals surface area contributed by atoms with Crippen LogP contribution in [-0.4, -0.2) is 26.4 Å². The topological polar surface area (TPSA) is 69.0 Å². The Balaban J connectivity index is 1.46. The molecule has 0 atom stereocenters. The van der Waals surface area contributed by atoms with Crippen LogP contribution in [0.1, 0.15) is 11.4 Å². The number of rotatable bonds is 8. The van der Waals surface area contributed by atoms with E-state index in [-0.39, 0.29) is 11.7 Å². The van der Waals surface area contributed by atoms with Crippen LogP contribution in [0, 0.1) is 0 Å². The molecule has 0 aliphatic carbocycles. The van der Waals surface area contributed by atoms with Crippen molar-refractivity contribution >= 4 is 33.6 Å². The molecule has 0 saturated carbocycles. The van der Waals surface area contributed by atoms with Crippen LogP contribution < -0.4 is 10.1 Å². The van der Waals surface area contributed by atoms with Gasteiger partial charge in [0, 0.05) is 18.1 Å². The minimum absolute atomic E-state index is 0.0421. The first-order valence-corrected chi connectivity index (χ1v) is 10.1. The number of hydrogen-bond acceptors (Lipinski definition) is 5. The first kappa shape index (κ1) is 19.4. The molecule has 1 heterocycles. The molecule has 8 heteroatoms. The second kappa shape index (κ2) is 9.57. The van der Waals surface area contributed by atoms with Gasteiger partial charge in [-0.3, -0.25) is 4.79 Å². The number of aromatic nitrogens is 3. The minimum Gasteiger partial charge on any atom is -0.486 e. The third-order valence-electron chi connectivity index (χ3n) is 3.77. The highest BCUT2D eigenvalue weighted by Gasteiger charge is 2.12. The summed E-state index contributed by atoms with van der Waals surface area (Å²) in [5.41, 5.74) is 1.07. The summed E-state index contributed by atoms with van der Waals surface area (Å²) in [6, 6.07) is 17.4. The van der Waals surface area contributed by atoms with Crippen molar-refractivity contribution in [1.29, 1.82) is 0 Å². The fourth-order valence-corrected chi connectivity index (χ4v) is 3.28. The number of hydrogen-bond donors (Lipinski definition) is 1. The second-order valence-electron chi connectivity index (χ2n) is 5.75. The minimum atomic E-state index is -0.0421. The molecule has 1 amide bonds. The highest BCUT2D eigenvalue weighted by Crippen LogP contribution is 2.19. The van der Waals surface area contributed by atoms with E-state index >= 15 is 0 Å². The zero-order valence-corrected chi connectivity index (χ0v) is 17.2. The third kappa shape index (κ3) is 5.83. The van der Waals surface area contributed by atoms with Crippen LogP contribution in [0.5, 0.6) is 5.75 Å². The number of thioether (sulfide) groups is 1. The van der Waals surface area contributed by atoms with Gasteiger partial charge >= 0.3 is 0 Å². The molecule has 0 radical (unpaired) electrons. The van der Waals surface area contributed by atoms with Crippen molar-refractivity contribution in [3.05, 3.63) is 70.5 Å². The van der Waals surface area contributed by atoms with Gasteiger partial charge in [0.2, 0.25) is 5.91 Å². The lowest BCUT2D eigenvalue weighted by molar-refractivity contribution is -0.118. The van der Waals surface area contributed by atoms with Crippen molar-refractivity contribution in [2.45, 2.75) is 18.3 Å². The van der Waals surface area contributed by atoms with Crippen LogP contribution in [-0.2, 0) is 25.0 Å². The maximum Gasteiger partial charge on any atom is 0.230 e. The van der Waals surface area contributed by atoms with E-state index in [0.29, 0.717) is 24.1 Å². The summed E-state index contributed by atoms with van der Waals surface area (Å²) < 4.78 is 8.56. The van der Waals surface area contributed by atoms with Gasteiger partial charge in [0.25, 0.3) is 0 Å². The van der Waals surface area contributed by atoms with E-state index in [9.17, 15) is 4.79 Å². The molecule has 1 N–H and O–H groups in total. The molecule has 3 rings (SSSR count). The van der Waals surface area contributed by atoms with E-state index < -0.39 is 0 Å². The van der Waals surface area contributed by atoms with Gasteiger partial charge in [-0.1, -0.05) is 58.0 Å². The summed E-state index contributed by atoms with van der Waals surface area (Å²) in [7, 11) is 1.87. The number of halogens is 1. The van der Waals surface area contributed by atoms with Gasteiger partial charge in [-0.25, -0.2) is 0 Å². The molecule has 2 aromatic carbocycles. The Labute approximate surface area is 170 Å². The van der Waals surface area contributed by atoms with Crippen molar-refractivity contribution in [2.24, 2.45) is 7.05 Å². The molecule has 0 bridgehead atoms. The Hall–Kier alpha value is -2.32. The number of nitrogens with one attached hydrogen (secondary N) is 1. The zero-order chi connectivity index (χ0) is 19.1. The molecule has 3 aromatic rings. The highest BCUT2D eigenvalue weighted by molar-refractivity contribution is 9.10. The Bertz CT molecular complexity index is 884. The summed E-state index contributed by atoms with van der Waals surface area (Å²) in [6.45, 7) is 0.831. The van der Waals surface area contributed by atoms with Crippen LogP contribution >= 0.6 is 27.7 Å². The molecule has 1 aromatic heterocycles. The average molecular weight is 447 g/mol. The summed E-state index contributed by atoms with van der Waals surface area (Å²) in [4.78, 5) is 12.0. The third-order valence-corrected chi connectivity index (χ3v) is 5.32. The van der Waals surface area contributed by atoms with E-state index in [1.54, 1.807) is 0 Å². The molecule has 0 unspecified atom stereocenters. The highest BCUT2D eigenvalue weighted by atomic mass is 79.9. The van der Waals surface area contributed by atoms with Crippen LogP contribution in [0.2, 0.25) is 0 Å². The fourth-order valence-electron chi connectivity index (χ4n) is 2.25. The van der Waals surface area contributed by atoms with Gasteiger partial charge < -0.3 is 14.6 Å². The van der Waals surface area contributed by atoms with Gasteiger partial charge in [-0.05, 0) is 29.8 Å². The van der Waals surface area contributed by atoms with E-state index in [2.05, 4.69) is 31.4 Å². The lowest BCUT2D eigenvalue weighted by Crippen LogP contribution is -2.24. The van der Waals surface area contributed by atoms with Crippen molar-refractivity contribution in [2.75, 3.05) is 5.75 Å². The molecule has 27 heavy (non-hydrogen) atoms. The predicted octanol–water partition coefficient (Wildman–Crippen LogP) is 3.57. The van der Waals surface area contributed by atoms with Crippen LogP contribution in [0.4, 0.5) is 0 Å². The van der Waals surface area contributed by atoms with Gasteiger partial charge in [-0.15, -0.1) is 10.2 Å². The monoisotopic (exact) mass is 446 g/mol. The van der Waals surface area contributed by atoms with Crippen LogP contribution in [0.15, 0.2) is 64.2 Å². The Kier molecular flexibility index (Phi) is 6.89. The largest absolute Gasteiger partial charge is 0.486 e. The smallest absolute Gasteiger partial charge is 0.230 e. The Morgan fingerprint density at radius 1 is 1.15 bits per heavy atom. The summed E-state index contributed by atoms with van der Waals surface area (Å²) >= 11 is 4.74. The van der Waals surface area contributed by atoms with E-state index in [1.165, 1.54) is 11.8 Å². The molecule has 0 spiro atoms. The van der Waals surface area contributed by atoms with Crippen molar-refractivity contribution < 1.29 is 9.53 Å². The molecular weight excluding hydrogens is 428 g/mol. The summed E-state index contributed by atoms with van der Waals surface area (Å²) in [5.74, 6) is 1.70. The number of nitrogens with zero attached hydrogens (tertiary/aromatic N) is 3. The molecule has 6 nitrogen and oxygen atoms in total. The fraction of sp³-hybridized carbons (Fsp3) is 0.211. The van der Waals surface area contributed by atoms with E-state index in [1.807, 2.05) is 66.2 Å². The number of ether oxygens (including phenoxy) is 1. The predicted molar refractivity (Wildman–Crippen MR) is 108 cm³/mol. The summed E-state index contributed by atoms with van der Waals surface area (Å²) in [5, 5.41) is 11.9. The molecular formula is C19H19BrN4O2S. The standard InChI is InChI=1S/C19H19BrN4O2S/c1-24-17(12-26-16-9-7-15(20)8-10-16)22-23-19(24)27-13-18(25)21-11-14-5-3-2-4-6-14/h2-10H,11-13H2,1H3,(H,21,25). The first-order chi connectivity index (χ1) is 13.1. The molecule has 0 aliphatic rings.